The summed E-state index contributed by atoms with van der Waals surface area (Å²) < 4.78 is 7.41. The number of carboxylic acid groups (broad SMARTS) is 1. The number of nitriles is 1. The van der Waals surface area contributed by atoms with Crippen LogP contribution in [0.4, 0.5) is 4.79 Å². The predicted molar refractivity (Wildman–Crippen MR) is 109 cm³/mol. The lowest BCUT2D eigenvalue weighted by Gasteiger charge is -2.19. The highest BCUT2D eigenvalue weighted by molar-refractivity contribution is 6.06. The quantitative estimate of drug-likeness (QED) is 0.621. The molecule has 150 valence electrons. The number of fused-ring (bicyclic) bond motifs is 3. The second kappa shape index (κ2) is 8.19. The van der Waals surface area contributed by atoms with Crippen molar-refractivity contribution >= 4 is 27.8 Å². The first kappa shape index (κ1) is 20.1. The Balaban J connectivity index is 1.94. The van der Waals surface area contributed by atoms with Gasteiger partial charge in [-0.3, -0.25) is 9.78 Å². The zero-order chi connectivity index (χ0) is 21.1. The van der Waals surface area contributed by atoms with Gasteiger partial charge in [-0.1, -0.05) is 6.92 Å². The molecule has 2 N–H and O–H groups in total. The van der Waals surface area contributed by atoms with E-state index in [4.69, 9.17) is 9.84 Å². The summed E-state index contributed by atoms with van der Waals surface area (Å²) in [7, 11) is 1.68. The molecule has 2 aromatic heterocycles. The van der Waals surface area contributed by atoms with Crippen LogP contribution in [0.2, 0.25) is 0 Å². The maximum atomic E-state index is 12.6. The van der Waals surface area contributed by atoms with Crippen molar-refractivity contribution in [1.29, 1.82) is 5.26 Å². The normalized spacial score (nSPS) is 13.0. The molecule has 1 aromatic carbocycles. The van der Waals surface area contributed by atoms with Crippen LogP contribution < -0.4 is 15.6 Å². The van der Waals surface area contributed by atoms with Crippen LogP contribution in [0.3, 0.4) is 0 Å². The molecule has 0 aliphatic rings. The largest absolute Gasteiger partial charge is 0.492 e. The summed E-state index contributed by atoms with van der Waals surface area (Å²) in [5, 5.41) is 22.8. The minimum Gasteiger partial charge on any atom is -0.492 e. The second-order valence-corrected chi connectivity index (χ2v) is 7.27. The van der Waals surface area contributed by atoms with Crippen LogP contribution in [0.25, 0.3) is 21.7 Å². The number of ether oxygens (including phenoxy) is 1. The second-order valence-electron chi connectivity index (χ2n) is 7.27. The number of hydrogen-bond acceptors (Lipinski definition) is 5. The molecule has 2 unspecified atom stereocenters. The number of nitrogens with one attached hydrogen (secondary N) is 1. The lowest BCUT2D eigenvalue weighted by molar-refractivity contribution is 0.185. The van der Waals surface area contributed by atoms with Gasteiger partial charge in [0.1, 0.15) is 11.8 Å². The van der Waals surface area contributed by atoms with Gasteiger partial charge >= 0.3 is 6.09 Å². The van der Waals surface area contributed by atoms with Gasteiger partial charge in [0.25, 0.3) is 5.56 Å². The molecule has 0 aliphatic carbocycles. The predicted octanol–water partition coefficient (Wildman–Crippen LogP) is 3.02. The molecule has 0 fully saturated rings. The van der Waals surface area contributed by atoms with Gasteiger partial charge in [-0.15, -0.1) is 0 Å². The summed E-state index contributed by atoms with van der Waals surface area (Å²) in [6.45, 7) is 4.05. The van der Waals surface area contributed by atoms with Gasteiger partial charge in [0, 0.05) is 36.9 Å². The van der Waals surface area contributed by atoms with Crippen molar-refractivity contribution in [3.63, 3.8) is 0 Å². The maximum Gasteiger partial charge on any atom is 0.404 e. The van der Waals surface area contributed by atoms with Crippen molar-refractivity contribution in [1.82, 2.24) is 14.9 Å². The van der Waals surface area contributed by atoms with Crippen molar-refractivity contribution in [3.8, 4) is 11.8 Å². The average Bonchev–Trinajstić information content (AvgIpc) is 2.69. The van der Waals surface area contributed by atoms with E-state index in [1.807, 2.05) is 6.92 Å². The van der Waals surface area contributed by atoms with E-state index in [0.717, 1.165) is 10.8 Å². The Labute approximate surface area is 167 Å². The molecule has 2 atom stereocenters. The highest BCUT2D eigenvalue weighted by atomic mass is 16.5. The van der Waals surface area contributed by atoms with E-state index < -0.39 is 6.09 Å². The molecule has 0 bridgehead atoms. The number of benzene rings is 1. The first-order chi connectivity index (χ1) is 13.8. The first-order valence-electron chi connectivity index (χ1n) is 9.24. The van der Waals surface area contributed by atoms with Crippen molar-refractivity contribution in [3.05, 3.63) is 46.5 Å². The number of hydrogen-bond donors (Lipinski definition) is 2. The van der Waals surface area contributed by atoms with E-state index >= 15 is 0 Å². The number of nitrogens with zero attached hydrogens (tertiary/aromatic N) is 3. The average molecular weight is 394 g/mol. The summed E-state index contributed by atoms with van der Waals surface area (Å²) in [5.74, 6) is 0.458. The molecule has 0 spiro atoms. The Hall–Kier alpha value is -3.60. The fourth-order valence-electron chi connectivity index (χ4n) is 3.53. The molecule has 29 heavy (non-hydrogen) atoms. The van der Waals surface area contributed by atoms with Gasteiger partial charge in [0.2, 0.25) is 0 Å². The van der Waals surface area contributed by atoms with Crippen LogP contribution in [0.15, 0.2) is 35.4 Å². The maximum absolute atomic E-state index is 12.6. The smallest absolute Gasteiger partial charge is 0.404 e. The number of amides is 1. The van der Waals surface area contributed by atoms with Gasteiger partial charge in [0.15, 0.2) is 0 Å². The van der Waals surface area contributed by atoms with Gasteiger partial charge in [-0.25, -0.2) is 4.79 Å². The molecule has 0 saturated carbocycles. The van der Waals surface area contributed by atoms with E-state index in [1.54, 1.807) is 38.4 Å². The molecule has 2 heterocycles. The van der Waals surface area contributed by atoms with Gasteiger partial charge < -0.3 is 19.7 Å². The molecular weight excluding hydrogens is 372 g/mol. The van der Waals surface area contributed by atoms with E-state index in [0.29, 0.717) is 35.2 Å². The molecule has 1 amide bonds. The van der Waals surface area contributed by atoms with Crippen LogP contribution in [0.1, 0.15) is 25.8 Å². The molecule has 0 aliphatic heterocycles. The Bertz CT molecular complexity index is 1180. The highest BCUT2D eigenvalue weighted by Gasteiger charge is 2.16. The number of aromatic nitrogens is 2. The number of carbonyl (C=O) groups is 1. The van der Waals surface area contributed by atoms with E-state index in [2.05, 4.69) is 16.4 Å². The van der Waals surface area contributed by atoms with Gasteiger partial charge in [-0.2, -0.15) is 5.26 Å². The summed E-state index contributed by atoms with van der Waals surface area (Å²) in [6.07, 6.45) is 2.68. The van der Waals surface area contributed by atoms with Crippen LogP contribution >= 0.6 is 0 Å². The fraction of sp³-hybridized carbons (Fsp3) is 0.333. The zero-order valence-electron chi connectivity index (χ0n) is 16.5. The lowest BCUT2D eigenvalue weighted by atomic mass is 10.0. The van der Waals surface area contributed by atoms with Crippen molar-refractivity contribution in [2.45, 2.75) is 26.3 Å². The number of pyridine rings is 2. The summed E-state index contributed by atoms with van der Waals surface area (Å²) >= 11 is 0. The van der Waals surface area contributed by atoms with Gasteiger partial charge in [-0.05, 0) is 36.8 Å². The molecule has 3 rings (SSSR count). The molecule has 8 nitrogen and oxygen atoms in total. The highest BCUT2D eigenvalue weighted by Crippen LogP contribution is 2.29. The third-order valence-corrected chi connectivity index (χ3v) is 4.88. The minimum absolute atomic E-state index is 0.0607. The van der Waals surface area contributed by atoms with Crippen molar-refractivity contribution in [2.24, 2.45) is 13.0 Å². The van der Waals surface area contributed by atoms with Gasteiger partial charge in [0.05, 0.1) is 23.1 Å². The lowest BCUT2D eigenvalue weighted by Crippen LogP contribution is -2.33. The first-order valence-corrected chi connectivity index (χ1v) is 9.24. The molecule has 0 saturated heterocycles. The minimum atomic E-state index is -1.06. The Morgan fingerprint density at radius 3 is 2.79 bits per heavy atom. The SMILES string of the molecule is CC(COc1cc2c(cc1C#N)c1ccncc1c(=O)n2C)CC(C)NC(=O)O. The molecule has 0 radical (unpaired) electrons. The summed E-state index contributed by atoms with van der Waals surface area (Å²) in [5.41, 5.74) is 0.868. The van der Waals surface area contributed by atoms with E-state index in [1.165, 1.54) is 10.8 Å². The number of aryl methyl sites for hydroxylation is 1. The summed E-state index contributed by atoms with van der Waals surface area (Å²) in [4.78, 5) is 27.4. The molecule has 8 heteroatoms. The molecular formula is C21H22N4O4. The van der Waals surface area contributed by atoms with E-state index in [9.17, 15) is 14.9 Å². The van der Waals surface area contributed by atoms with Crippen LogP contribution in [0.5, 0.6) is 5.75 Å². The third-order valence-electron chi connectivity index (χ3n) is 4.88. The Morgan fingerprint density at radius 1 is 1.34 bits per heavy atom. The topological polar surface area (TPSA) is 117 Å². The molecule has 3 aromatic rings. The van der Waals surface area contributed by atoms with Crippen LogP contribution in [-0.2, 0) is 7.05 Å². The Kier molecular flexibility index (Phi) is 5.69. The Morgan fingerprint density at radius 2 is 2.10 bits per heavy atom. The van der Waals surface area contributed by atoms with E-state index in [-0.39, 0.29) is 17.5 Å². The van der Waals surface area contributed by atoms with Crippen molar-refractivity contribution < 1.29 is 14.6 Å². The monoisotopic (exact) mass is 394 g/mol. The zero-order valence-corrected chi connectivity index (χ0v) is 16.5. The van der Waals surface area contributed by atoms with Crippen LogP contribution in [0, 0.1) is 17.2 Å². The number of rotatable bonds is 6. The third kappa shape index (κ3) is 4.14. The fourth-order valence-corrected chi connectivity index (χ4v) is 3.53. The van der Waals surface area contributed by atoms with Crippen LogP contribution in [-0.4, -0.2) is 33.4 Å². The summed E-state index contributed by atoms with van der Waals surface area (Å²) in [6, 6.07) is 7.15. The standard InChI is InChI=1S/C21H22N4O4/c1-12(6-13(2)24-21(27)28)11-29-19-8-18-16(7-14(19)9-22)15-4-5-23-10-17(15)20(26)25(18)3/h4-5,7-8,10,12-13,24H,6,11H2,1-3H3,(H,27,28). The van der Waals surface area contributed by atoms with Crippen molar-refractivity contribution in [2.75, 3.05) is 6.61 Å².